The third-order valence-corrected chi connectivity index (χ3v) is 6.61. The average Bonchev–Trinajstić information content (AvgIpc) is 2.85. The van der Waals surface area contributed by atoms with E-state index in [9.17, 15) is 9.59 Å². The van der Waals surface area contributed by atoms with Crippen molar-refractivity contribution in [2.45, 2.75) is 71.8 Å². The number of amides is 2. The van der Waals surface area contributed by atoms with Crippen molar-refractivity contribution in [2.24, 2.45) is 17.3 Å². The number of carbonyl (C=O) groups is 2. The van der Waals surface area contributed by atoms with Crippen LogP contribution in [-0.4, -0.2) is 66.2 Å². The highest BCUT2D eigenvalue weighted by molar-refractivity contribution is 5.74. The predicted octanol–water partition coefficient (Wildman–Crippen LogP) is 3.42. The third kappa shape index (κ3) is 6.98. The number of hydrogen-bond donors (Lipinski definition) is 2. The second-order valence-corrected chi connectivity index (χ2v) is 9.65. The lowest BCUT2D eigenvalue weighted by molar-refractivity contribution is -0.138. The van der Waals surface area contributed by atoms with Gasteiger partial charge in [0.25, 0.3) is 0 Å². The van der Waals surface area contributed by atoms with Gasteiger partial charge in [0.05, 0.1) is 6.54 Å². The molecule has 1 heterocycles. The second-order valence-electron chi connectivity index (χ2n) is 9.65. The Morgan fingerprint density at radius 1 is 1.07 bits per heavy atom. The summed E-state index contributed by atoms with van der Waals surface area (Å²) < 4.78 is 0. The number of aliphatic carboxylic acids is 1. The number of carboxylic acids is 1. The molecule has 1 aliphatic carbocycles. The summed E-state index contributed by atoms with van der Waals surface area (Å²) in [6, 6.07) is 0.293. The minimum absolute atomic E-state index is 0.0504. The van der Waals surface area contributed by atoms with Crippen LogP contribution in [-0.2, 0) is 4.79 Å². The average molecular weight is 382 g/mol. The fourth-order valence-corrected chi connectivity index (χ4v) is 4.64. The van der Waals surface area contributed by atoms with Crippen LogP contribution in [0.5, 0.6) is 0 Å². The molecule has 1 atom stereocenters. The molecule has 2 fully saturated rings. The Kier molecular flexibility index (Phi) is 7.95. The molecule has 1 saturated heterocycles. The lowest BCUT2D eigenvalue weighted by atomic mass is 9.70. The van der Waals surface area contributed by atoms with Crippen LogP contribution in [0.4, 0.5) is 4.79 Å². The van der Waals surface area contributed by atoms with Crippen molar-refractivity contribution >= 4 is 12.0 Å². The molecule has 2 amide bonds. The van der Waals surface area contributed by atoms with Gasteiger partial charge in [-0.1, -0.05) is 20.8 Å². The van der Waals surface area contributed by atoms with Crippen molar-refractivity contribution in [1.82, 2.24) is 15.1 Å². The second kappa shape index (κ2) is 9.76. The zero-order valence-corrected chi connectivity index (χ0v) is 17.7. The van der Waals surface area contributed by atoms with Gasteiger partial charge in [0.1, 0.15) is 0 Å². The molecule has 1 aliphatic heterocycles. The van der Waals surface area contributed by atoms with Crippen LogP contribution < -0.4 is 5.32 Å². The largest absolute Gasteiger partial charge is 0.480 e. The van der Waals surface area contributed by atoms with Crippen LogP contribution in [0.1, 0.15) is 65.7 Å². The Morgan fingerprint density at radius 3 is 2.33 bits per heavy atom. The molecule has 0 aromatic carbocycles. The van der Waals surface area contributed by atoms with Gasteiger partial charge >= 0.3 is 12.0 Å². The maximum absolute atomic E-state index is 12.6. The molecule has 0 aromatic heterocycles. The first kappa shape index (κ1) is 22.0. The Morgan fingerprint density at radius 2 is 1.74 bits per heavy atom. The van der Waals surface area contributed by atoms with E-state index in [1.165, 1.54) is 25.7 Å². The van der Waals surface area contributed by atoms with Crippen LogP contribution in [0.15, 0.2) is 0 Å². The van der Waals surface area contributed by atoms with E-state index in [2.05, 4.69) is 26.1 Å². The minimum Gasteiger partial charge on any atom is -0.480 e. The number of carboxylic acid groups (broad SMARTS) is 1. The molecular formula is C21H39N3O3. The summed E-state index contributed by atoms with van der Waals surface area (Å²) in [5.41, 5.74) is 0.393. The lowest BCUT2D eigenvalue weighted by Gasteiger charge is -2.37. The van der Waals surface area contributed by atoms with Crippen LogP contribution in [0.25, 0.3) is 0 Å². The van der Waals surface area contributed by atoms with E-state index in [-0.39, 0.29) is 18.6 Å². The predicted molar refractivity (Wildman–Crippen MR) is 108 cm³/mol. The summed E-state index contributed by atoms with van der Waals surface area (Å²) in [7, 11) is 1.86. The number of likely N-dealkylation sites (N-methyl/N-ethyl adjacent to an activating group) is 1. The lowest BCUT2D eigenvalue weighted by Crippen LogP contribution is -2.43. The molecule has 0 radical (unpaired) electrons. The zero-order valence-electron chi connectivity index (χ0n) is 17.7. The monoisotopic (exact) mass is 381 g/mol. The molecule has 1 unspecified atom stereocenters. The van der Waals surface area contributed by atoms with Gasteiger partial charge in [0.15, 0.2) is 0 Å². The van der Waals surface area contributed by atoms with E-state index in [0.29, 0.717) is 17.9 Å². The van der Waals surface area contributed by atoms with Crippen LogP contribution >= 0.6 is 0 Å². The SMILES string of the molecule is CN(CC(=O)O)C1CCCN(C(=O)NCC2CCC(C(C)(C)C)CC2)CC1. The van der Waals surface area contributed by atoms with Gasteiger partial charge in [-0.25, -0.2) is 4.79 Å². The van der Waals surface area contributed by atoms with Crippen molar-refractivity contribution in [2.75, 3.05) is 33.2 Å². The number of hydrogen-bond acceptors (Lipinski definition) is 3. The van der Waals surface area contributed by atoms with Gasteiger partial charge in [-0.15, -0.1) is 0 Å². The summed E-state index contributed by atoms with van der Waals surface area (Å²) in [4.78, 5) is 27.3. The van der Waals surface area contributed by atoms with Gasteiger partial charge < -0.3 is 15.3 Å². The highest BCUT2D eigenvalue weighted by atomic mass is 16.4. The molecule has 0 aromatic rings. The van der Waals surface area contributed by atoms with Gasteiger partial charge in [-0.2, -0.15) is 0 Å². The van der Waals surface area contributed by atoms with Gasteiger partial charge in [0.2, 0.25) is 0 Å². The fourth-order valence-electron chi connectivity index (χ4n) is 4.64. The number of carbonyl (C=O) groups excluding carboxylic acids is 1. The quantitative estimate of drug-likeness (QED) is 0.765. The Labute approximate surface area is 164 Å². The molecule has 2 rings (SSSR count). The Balaban J connectivity index is 1.71. The van der Waals surface area contributed by atoms with Crippen molar-refractivity contribution < 1.29 is 14.7 Å². The highest BCUT2D eigenvalue weighted by Crippen LogP contribution is 2.39. The summed E-state index contributed by atoms with van der Waals surface area (Å²) in [6.45, 7) is 9.32. The van der Waals surface area contributed by atoms with Crippen molar-refractivity contribution in [1.29, 1.82) is 0 Å². The summed E-state index contributed by atoms with van der Waals surface area (Å²) in [6.07, 6.45) is 7.68. The number of nitrogens with zero attached hydrogens (tertiary/aromatic N) is 2. The van der Waals surface area contributed by atoms with Crippen LogP contribution in [0.2, 0.25) is 0 Å². The third-order valence-electron chi connectivity index (χ3n) is 6.61. The van der Waals surface area contributed by atoms with Crippen molar-refractivity contribution in [3.63, 3.8) is 0 Å². The number of nitrogens with one attached hydrogen (secondary N) is 1. The molecule has 2 N–H and O–H groups in total. The first-order valence-corrected chi connectivity index (χ1v) is 10.6. The molecule has 2 aliphatic rings. The van der Waals surface area contributed by atoms with Gasteiger partial charge in [0, 0.05) is 25.7 Å². The standard InChI is InChI=1S/C21H39N3O3/c1-21(2,3)17-9-7-16(8-10-17)14-22-20(27)24-12-5-6-18(11-13-24)23(4)15-19(25)26/h16-18H,5-15H2,1-4H3,(H,22,27)(H,25,26). The normalized spacial score (nSPS) is 27.3. The summed E-state index contributed by atoms with van der Waals surface area (Å²) >= 11 is 0. The highest BCUT2D eigenvalue weighted by Gasteiger charge is 2.30. The van der Waals surface area contributed by atoms with E-state index < -0.39 is 5.97 Å². The van der Waals surface area contributed by atoms with Crippen molar-refractivity contribution in [3.05, 3.63) is 0 Å². The molecular weight excluding hydrogens is 342 g/mol. The first-order chi connectivity index (χ1) is 12.7. The number of rotatable bonds is 5. The van der Waals surface area contributed by atoms with Crippen LogP contribution in [0, 0.1) is 17.3 Å². The first-order valence-electron chi connectivity index (χ1n) is 10.6. The van der Waals surface area contributed by atoms with Gasteiger partial charge in [-0.05, 0) is 69.2 Å². The Hall–Kier alpha value is -1.30. The number of urea groups is 1. The summed E-state index contributed by atoms with van der Waals surface area (Å²) in [5.74, 6) is 0.612. The molecule has 1 saturated carbocycles. The molecule has 156 valence electrons. The van der Waals surface area contributed by atoms with E-state index in [1.54, 1.807) is 0 Å². The maximum atomic E-state index is 12.6. The van der Waals surface area contributed by atoms with E-state index >= 15 is 0 Å². The van der Waals surface area contributed by atoms with E-state index in [0.717, 1.165) is 38.3 Å². The minimum atomic E-state index is -0.794. The molecule has 0 spiro atoms. The van der Waals surface area contributed by atoms with E-state index in [1.807, 2.05) is 16.8 Å². The van der Waals surface area contributed by atoms with Gasteiger partial charge in [-0.3, -0.25) is 9.69 Å². The maximum Gasteiger partial charge on any atom is 0.317 e. The number of likely N-dealkylation sites (tertiary alicyclic amines) is 1. The van der Waals surface area contributed by atoms with Crippen molar-refractivity contribution in [3.8, 4) is 0 Å². The fraction of sp³-hybridized carbons (Fsp3) is 0.905. The Bertz CT molecular complexity index is 495. The molecule has 27 heavy (non-hydrogen) atoms. The molecule has 6 nitrogen and oxygen atoms in total. The smallest absolute Gasteiger partial charge is 0.317 e. The molecule has 6 heteroatoms. The van der Waals surface area contributed by atoms with E-state index in [4.69, 9.17) is 5.11 Å². The summed E-state index contributed by atoms with van der Waals surface area (Å²) in [5, 5.41) is 12.1. The topological polar surface area (TPSA) is 72.9 Å². The van der Waals surface area contributed by atoms with Crippen LogP contribution in [0.3, 0.4) is 0 Å². The molecule has 0 bridgehead atoms. The zero-order chi connectivity index (χ0) is 20.0.